The van der Waals surface area contributed by atoms with E-state index in [1.165, 1.54) is 0 Å². The molecule has 3 aromatic rings. The molecule has 3 aromatic carbocycles. The summed E-state index contributed by atoms with van der Waals surface area (Å²) in [6, 6.07) is 18.7. The number of carbonyl (C=O) groups is 1. The fourth-order valence-electron chi connectivity index (χ4n) is 4.28. The highest BCUT2D eigenvalue weighted by Crippen LogP contribution is 2.35. The molecular formula is C27H28BNO5. The number of methoxy groups -OCH3 is 1. The zero-order valence-corrected chi connectivity index (χ0v) is 19.4. The lowest BCUT2D eigenvalue weighted by atomic mass is 9.94. The molecule has 2 atom stereocenters. The average Bonchev–Trinajstić information content (AvgIpc) is 3.14. The summed E-state index contributed by atoms with van der Waals surface area (Å²) < 4.78 is 16.8. The van der Waals surface area contributed by atoms with Gasteiger partial charge in [0.1, 0.15) is 13.6 Å². The summed E-state index contributed by atoms with van der Waals surface area (Å²) in [5.41, 5.74) is 4.47. The quantitative estimate of drug-likeness (QED) is 0.380. The van der Waals surface area contributed by atoms with Crippen LogP contribution in [0.2, 0.25) is 0 Å². The van der Waals surface area contributed by atoms with Crippen LogP contribution in [0.4, 0.5) is 0 Å². The number of rotatable bonds is 9. The molecule has 0 unspecified atom stereocenters. The maximum absolute atomic E-state index is 11.9. The lowest BCUT2D eigenvalue weighted by Gasteiger charge is -2.20. The minimum atomic E-state index is -0.498. The van der Waals surface area contributed by atoms with Gasteiger partial charge in [-0.25, -0.2) is 0 Å². The molecule has 34 heavy (non-hydrogen) atoms. The van der Waals surface area contributed by atoms with Crippen LogP contribution >= 0.6 is 0 Å². The number of aliphatic hydroxyl groups is 1. The van der Waals surface area contributed by atoms with Gasteiger partial charge in [0, 0.05) is 18.5 Å². The molecule has 174 valence electrons. The van der Waals surface area contributed by atoms with Crippen molar-refractivity contribution in [3.63, 3.8) is 0 Å². The Morgan fingerprint density at radius 2 is 1.88 bits per heavy atom. The fourth-order valence-corrected chi connectivity index (χ4v) is 4.28. The van der Waals surface area contributed by atoms with Gasteiger partial charge in [-0.15, -0.1) is 0 Å². The number of benzene rings is 3. The van der Waals surface area contributed by atoms with Crippen LogP contribution in [0.1, 0.15) is 35.2 Å². The molecule has 1 aliphatic carbocycles. The number of ether oxygens (including phenoxy) is 3. The van der Waals surface area contributed by atoms with Crippen molar-refractivity contribution in [1.29, 1.82) is 0 Å². The molecule has 0 bridgehead atoms. The lowest BCUT2D eigenvalue weighted by molar-refractivity contribution is -0.142. The summed E-state index contributed by atoms with van der Waals surface area (Å²) >= 11 is 0. The van der Waals surface area contributed by atoms with Crippen LogP contribution in [-0.4, -0.2) is 38.7 Å². The minimum absolute atomic E-state index is 0.142. The maximum Gasteiger partial charge on any atom is 0.310 e. The molecular weight excluding hydrogens is 429 g/mol. The molecule has 0 fully saturated rings. The van der Waals surface area contributed by atoms with E-state index in [0.29, 0.717) is 42.3 Å². The SMILES string of the molecule is [B]c1ccc(Oc2cc(CC(=O)OCC)ccc2OC)c(CN[C@H]2c3ccccc3C[C@H]2O)c1. The monoisotopic (exact) mass is 457 g/mol. The summed E-state index contributed by atoms with van der Waals surface area (Å²) in [5.74, 6) is 1.34. The number of hydrogen-bond acceptors (Lipinski definition) is 6. The highest BCUT2D eigenvalue weighted by molar-refractivity contribution is 6.32. The molecule has 0 saturated carbocycles. The predicted molar refractivity (Wildman–Crippen MR) is 131 cm³/mol. The molecule has 0 spiro atoms. The summed E-state index contributed by atoms with van der Waals surface area (Å²) in [6.45, 7) is 2.56. The van der Waals surface area contributed by atoms with E-state index in [4.69, 9.17) is 22.1 Å². The molecule has 1 aliphatic rings. The molecule has 2 radical (unpaired) electrons. The van der Waals surface area contributed by atoms with Gasteiger partial charge in [0.2, 0.25) is 0 Å². The molecule has 0 aliphatic heterocycles. The topological polar surface area (TPSA) is 77.0 Å². The molecule has 0 saturated heterocycles. The van der Waals surface area contributed by atoms with Gasteiger partial charge < -0.3 is 24.6 Å². The van der Waals surface area contributed by atoms with Crippen molar-refractivity contribution in [3.05, 3.63) is 82.9 Å². The van der Waals surface area contributed by atoms with Crippen LogP contribution in [0.15, 0.2) is 60.7 Å². The van der Waals surface area contributed by atoms with Gasteiger partial charge in [0.25, 0.3) is 0 Å². The molecule has 7 heteroatoms. The van der Waals surface area contributed by atoms with Crippen molar-refractivity contribution < 1.29 is 24.1 Å². The van der Waals surface area contributed by atoms with E-state index in [1.807, 2.05) is 42.5 Å². The molecule has 2 N–H and O–H groups in total. The van der Waals surface area contributed by atoms with E-state index in [9.17, 15) is 9.90 Å². The van der Waals surface area contributed by atoms with Gasteiger partial charge in [0.05, 0.1) is 32.3 Å². The first-order valence-corrected chi connectivity index (χ1v) is 11.4. The van der Waals surface area contributed by atoms with Crippen molar-refractivity contribution in [2.45, 2.75) is 38.5 Å². The van der Waals surface area contributed by atoms with Gasteiger partial charge in [0.15, 0.2) is 11.5 Å². The van der Waals surface area contributed by atoms with Crippen LogP contribution in [0, 0.1) is 0 Å². The number of aliphatic hydroxyl groups excluding tert-OH is 1. The third-order valence-electron chi connectivity index (χ3n) is 5.90. The Morgan fingerprint density at radius 3 is 2.68 bits per heavy atom. The Hall–Kier alpha value is -3.29. The molecule has 4 rings (SSSR count). The summed E-state index contributed by atoms with van der Waals surface area (Å²) in [5, 5.41) is 14.0. The number of carbonyl (C=O) groups excluding carboxylic acids is 1. The van der Waals surface area contributed by atoms with Crippen molar-refractivity contribution >= 4 is 19.3 Å². The number of esters is 1. The van der Waals surface area contributed by atoms with E-state index < -0.39 is 6.10 Å². The first-order chi connectivity index (χ1) is 16.5. The van der Waals surface area contributed by atoms with Gasteiger partial charge >= 0.3 is 5.97 Å². The van der Waals surface area contributed by atoms with Crippen molar-refractivity contribution in [3.8, 4) is 17.2 Å². The second-order valence-corrected chi connectivity index (χ2v) is 8.27. The van der Waals surface area contributed by atoms with Crippen LogP contribution in [0.25, 0.3) is 0 Å². The number of hydrogen-bond donors (Lipinski definition) is 2. The fraction of sp³-hybridized carbons (Fsp3) is 0.296. The maximum atomic E-state index is 11.9. The van der Waals surface area contributed by atoms with E-state index >= 15 is 0 Å². The third kappa shape index (κ3) is 5.43. The molecule has 0 amide bonds. The van der Waals surface area contributed by atoms with Gasteiger partial charge in [-0.2, -0.15) is 0 Å². The van der Waals surface area contributed by atoms with Crippen LogP contribution in [0.5, 0.6) is 17.2 Å². The first-order valence-electron chi connectivity index (χ1n) is 11.4. The van der Waals surface area contributed by atoms with Crippen LogP contribution in [-0.2, 0) is 28.9 Å². The highest BCUT2D eigenvalue weighted by Gasteiger charge is 2.30. The Morgan fingerprint density at radius 1 is 1.09 bits per heavy atom. The molecule has 0 aromatic heterocycles. The van der Waals surface area contributed by atoms with E-state index in [0.717, 1.165) is 22.3 Å². The van der Waals surface area contributed by atoms with Crippen molar-refractivity contribution in [1.82, 2.24) is 5.32 Å². The van der Waals surface area contributed by atoms with Gasteiger partial charge in [-0.1, -0.05) is 47.9 Å². The zero-order valence-electron chi connectivity index (χ0n) is 19.4. The van der Waals surface area contributed by atoms with E-state index in [1.54, 1.807) is 32.2 Å². The van der Waals surface area contributed by atoms with Gasteiger partial charge in [-0.05, 0) is 41.8 Å². The molecule has 6 nitrogen and oxygen atoms in total. The predicted octanol–water partition coefficient (Wildman–Crippen LogP) is 3.13. The second-order valence-electron chi connectivity index (χ2n) is 8.27. The van der Waals surface area contributed by atoms with Gasteiger partial charge in [-0.3, -0.25) is 4.79 Å². The summed E-state index contributed by atoms with van der Waals surface area (Å²) in [6.07, 6.45) is 0.268. The number of nitrogens with one attached hydrogen (secondary N) is 1. The van der Waals surface area contributed by atoms with Crippen molar-refractivity contribution in [2.75, 3.05) is 13.7 Å². The van der Waals surface area contributed by atoms with E-state index in [-0.39, 0.29) is 18.4 Å². The summed E-state index contributed by atoms with van der Waals surface area (Å²) in [4.78, 5) is 11.9. The van der Waals surface area contributed by atoms with Crippen molar-refractivity contribution in [2.24, 2.45) is 0 Å². The standard InChI is InChI=1S/C27H28BNO5/c1-3-33-26(31)13-17-8-10-24(32-2)25(12-17)34-23-11-9-20(28)14-19(23)16-29-27-21-7-5-4-6-18(21)15-22(27)30/h4-12,14,22,27,29-30H,3,13,15-16H2,1-2H3/t22-,27+/m1/s1. The minimum Gasteiger partial charge on any atom is -0.493 e. The molecule has 0 heterocycles. The lowest BCUT2D eigenvalue weighted by Crippen LogP contribution is -2.28. The second kappa shape index (κ2) is 10.8. The highest BCUT2D eigenvalue weighted by atomic mass is 16.5. The van der Waals surface area contributed by atoms with Crippen LogP contribution < -0.4 is 20.3 Å². The smallest absolute Gasteiger partial charge is 0.310 e. The normalized spacial score (nSPS) is 16.7. The average molecular weight is 457 g/mol. The third-order valence-corrected chi connectivity index (χ3v) is 5.90. The Balaban J connectivity index is 1.55. The van der Waals surface area contributed by atoms with Crippen LogP contribution in [0.3, 0.4) is 0 Å². The Bertz CT molecular complexity index is 1170. The first kappa shape index (κ1) is 23.9. The Kier molecular flexibility index (Phi) is 7.55. The zero-order chi connectivity index (χ0) is 24.1. The number of fused-ring (bicyclic) bond motifs is 1. The summed E-state index contributed by atoms with van der Waals surface area (Å²) in [7, 11) is 7.63. The van der Waals surface area contributed by atoms with E-state index in [2.05, 4.69) is 5.32 Å². The Labute approximate surface area is 201 Å². The largest absolute Gasteiger partial charge is 0.493 e.